The van der Waals surface area contributed by atoms with E-state index in [9.17, 15) is 4.79 Å². The summed E-state index contributed by atoms with van der Waals surface area (Å²) in [5.74, 6) is 0.0218. The molecule has 1 saturated heterocycles. The molecule has 0 saturated carbocycles. The first-order valence-corrected chi connectivity index (χ1v) is 7.18. The second-order valence-corrected chi connectivity index (χ2v) is 5.42. The van der Waals surface area contributed by atoms with Gasteiger partial charge in [0.15, 0.2) is 0 Å². The smallest absolute Gasteiger partial charge is 0.237 e. The molecule has 0 N–H and O–H groups in total. The Balaban J connectivity index is 1.94. The van der Waals surface area contributed by atoms with Gasteiger partial charge >= 0.3 is 0 Å². The number of carbonyl (C=O) groups excluding carboxylic acids is 1. The maximum atomic E-state index is 11.8. The molecule has 5 heteroatoms. The maximum Gasteiger partial charge on any atom is 0.237 e. The molecule has 1 aliphatic rings. The Labute approximate surface area is 110 Å². The molecule has 0 radical (unpaired) electrons. The summed E-state index contributed by atoms with van der Waals surface area (Å²) < 4.78 is 5.56. The van der Waals surface area contributed by atoms with E-state index in [2.05, 4.69) is 0 Å². The summed E-state index contributed by atoms with van der Waals surface area (Å²) in [6.45, 7) is 2.11. The highest BCUT2D eigenvalue weighted by atomic mass is 35.5. The third-order valence-corrected chi connectivity index (χ3v) is 3.93. The minimum Gasteiger partial charge on any atom is -0.376 e. The van der Waals surface area contributed by atoms with Gasteiger partial charge in [0, 0.05) is 18.0 Å². The number of hydrogen-bond acceptors (Lipinski definition) is 3. The summed E-state index contributed by atoms with van der Waals surface area (Å²) in [4.78, 5) is 14.8. The molecule has 1 aromatic heterocycles. The summed E-state index contributed by atoms with van der Waals surface area (Å²) in [5, 5.41) is 2.02. The van der Waals surface area contributed by atoms with E-state index in [1.807, 2.05) is 17.5 Å². The van der Waals surface area contributed by atoms with Gasteiger partial charge in [-0.05, 0) is 24.3 Å². The third-order valence-electron chi connectivity index (χ3n) is 2.84. The van der Waals surface area contributed by atoms with Crippen molar-refractivity contribution < 1.29 is 9.53 Å². The van der Waals surface area contributed by atoms with Crippen LogP contribution in [0.25, 0.3) is 0 Å². The highest BCUT2D eigenvalue weighted by Gasteiger charge is 2.22. The largest absolute Gasteiger partial charge is 0.376 e. The van der Waals surface area contributed by atoms with Gasteiger partial charge in [-0.25, -0.2) is 0 Å². The first kappa shape index (κ1) is 12.9. The van der Waals surface area contributed by atoms with Crippen molar-refractivity contribution in [1.82, 2.24) is 4.90 Å². The van der Waals surface area contributed by atoms with Crippen molar-refractivity contribution in [2.24, 2.45) is 0 Å². The lowest BCUT2D eigenvalue weighted by atomic mass is 10.2. The van der Waals surface area contributed by atoms with Crippen molar-refractivity contribution in [2.45, 2.75) is 25.5 Å². The van der Waals surface area contributed by atoms with E-state index < -0.39 is 0 Å². The summed E-state index contributed by atoms with van der Waals surface area (Å²) in [7, 11) is 0. The number of halogens is 1. The molecule has 1 amide bonds. The number of thiophene rings is 1. The molecule has 17 heavy (non-hydrogen) atoms. The van der Waals surface area contributed by atoms with E-state index in [-0.39, 0.29) is 17.9 Å². The van der Waals surface area contributed by atoms with Crippen molar-refractivity contribution in [3.8, 4) is 0 Å². The van der Waals surface area contributed by atoms with Gasteiger partial charge in [-0.2, -0.15) is 0 Å². The fourth-order valence-corrected chi connectivity index (χ4v) is 2.85. The topological polar surface area (TPSA) is 29.5 Å². The van der Waals surface area contributed by atoms with Gasteiger partial charge in [-0.1, -0.05) is 6.07 Å². The van der Waals surface area contributed by atoms with Crippen molar-refractivity contribution in [3.63, 3.8) is 0 Å². The molecule has 2 rings (SSSR count). The molecule has 94 valence electrons. The molecule has 2 heterocycles. The fourth-order valence-electron chi connectivity index (χ4n) is 1.96. The van der Waals surface area contributed by atoms with E-state index in [1.165, 1.54) is 4.88 Å². The molecule has 1 unspecified atom stereocenters. The van der Waals surface area contributed by atoms with E-state index in [4.69, 9.17) is 16.3 Å². The Bertz CT molecular complexity index is 349. The maximum absolute atomic E-state index is 11.8. The Hall–Kier alpha value is -0.580. The SMILES string of the molecule is O=C(CCl)N(Cc1cccs1)CC1CCCO1. The number of rotatable bonds is 5. The molecule has 1 fully saturated rings. The predicted molar refractivity (Wildman–Crippen MR) is 69.4 cm³/mol. The van der Waals surface area contributed by atoms with Crippen LogP contribution < -0.4 is 0 Å². The van der Waals surface area contributed by atoms with Gasteiger partial charge in [0.1, 0.15) is 5.88 Å². The van der Waals surface area contributed by atoms with Gasteiger partial charge in [0.05, 0.1) is 12.6 Å². The lowest BCUT2D eigenvalue weighted by Crippen LogP contribution is -2.37. The van der Waals surface area contributed by atoms with E-state index in [1.54, 1.807) is 16.2 Å². The molecule has 1 aromatic rings. The normalized spacial score (nSPS) is 19.5. The number of amides is 1. The van der Waals surface area contributed by atoms with Gasteiger partial charge in [-0.15, -0.1) is 22.9 Å². The molecule has 0 bridgehead atoms. The van der Waals surface area contributed by atoms with Crippen LogP contribution in [0.2, 0.25) is 0 Å². The monoisotopic (exact) mass is 273 g/mol. The molecular weight excluding hydrogens is 258 g/mol. The van der Waals surface area contributed by atoms with Gasteiger partial charge in [0.2, 0.25) is 5.91 Å². The fraction of sp³-hybridized carbons (Fsp3) is 0.583. The minimum absolute atomic E-state index is 0.0180. The van der Waals surface area contributed by atoms with Crippen LogP contribution >= 0.6 is 22.9 Å². The molecule has 3 nitrogen and oxygen atoms in total. The predicted octanol–water partition coefficient (Wildman–Crippen LogP) is 2.49. The van der Waals surface area contributed by atoms with Crippen molar-refractivity contribution in [1.29, 1.82) is 0 Å². The Morgan fingerprint density at radius 1 is 1.65 bits per heavy atom. The zero-order valence-electron chi connectivity index (χ0n) is 9.60. The molecule has 1 atom stereocenters. The van der Waals surface area contributed by atoms with Crippen LogP contribution in [-0.2, 0) is 16.1 Å². The standard InChI is InChI=1S/C12H16ClNO2S/c13-7-12(15)14(8-10-3-1-5-16-10)9-11-4-2-6-17-11/h2,4,6,10H,1,3,5,7-9H2. The minimum atomic E-state index is -0.0180. The van der Waals surface area contributed by atoms with Gasteiger partial charge in [0.25, 0.3) is 0 Å². The number of carbonyl (C=O) groups is 1. The number of alkyl halides is 1. The quantitative estimate of drug-likeness (QED) is 0.772. The first-order chi connectivity index (χ1) is 8.29. The summed E-state index contributed by atoms with van der Waals surface area (Å²) >= 11 is 7.30. The van der Waals surface area contributed by atoms with Crippen LogP contribution in [0.1, 0.15) is 17.7 Å². The Morgan fingerprint density at radius 2 is 2.53 bits per heavy atom. The average molecular weight is 274 g/mol. The second-order valence-electron chi connectivity index (χ2n) is 4.12. The van der Waals surface area contributed by atoms with Crippen LogP contribution in [0.3, 0.4) is 0 Å². The highest BCUT2D eigenvalue weighted by Crippen LogP contribution is 2.17. The lowest BCUT2D eigenvalue weighted by Gasteiger charge is -2.24. The first-order valence-electron chi connectivity index (χ1n) is 5.77. The Morgan fingerprint density at radius 3 is 3.12 bits per heavy atom. The number of hydrogen-bond donors (Lipinski definition) is 0. The molecule has 0 aromatic carbocycles. The summed E-state index contributed by atoms with van der Waals surface area (Å²) in [5.41, 5.74) is 0. The second kappa shape index (κ2) is 6.38. The third kappa shape index (κ3) is 3.69. The molecule has 0 spiro atoms. The van der Waals surface area contributed by atoms with Crippen molar-refractivity contribution in [3.05, 3.63) is 22.4 Å². The van der Waals surface area contributed by atoms with E-state index >= 15 is 0 Å². The number of ether oxygens (including phenoxy) is 1. The molecule has 1 aliphatic heterocycles. The van der Waals surface area contributed by atoms with Crippen molar-refractivity contribution in [2.75, 3.05) is 19.0 Å². The van der Waals surface area contributed by atoms with Crippen LogP contribution in [0.4, 0.5) is 0 Å². The van der Waals surface area contributed by atoms with Crippen LogP contribution in [0.5, 0.6) is 0 Å². The molecule has 0 aliphatic carbocycles. The van der Waals surface area contributed by atoms with Crippen LogP contribution in [0, 0.1) is 0 Å². The van der Waals surface area contributed by atoms with Crippen LogP contribution in [0.15, 0.2) is 17.5 Å². The zero-order valence-corrected chi connectivity index (χ0v) is 11.2. The average Bonchev–Trinajstić information content (AvgIpc) is 3.00. The van der Waals surface area contributed by atoms with E-state index in [0.717, 1.165) is 19.4 Å². The summed E-state index contributed by atoms with van der Waals surface area (Å²) in [6.07, 6.45) is 2.31. The van der Waals surface area contributed by atoms with Crippen LogP contribution in [-0.4, -0.2) is 35.9 Å². The van der Waals surface area contributed by atoms with Crippen molar-refractivity contribution >= 4 is 28.8 Å². The number of nitrogens with zero attached hydrogens (tertiary/aromatic N) is 1. The van der Waals surface area contributed by atoms with E-state index in [0.29, 0.717) is 13.1 Å². The highest BCUT2D eigenvalue weighted by molar-refractivity contribution is 7.09. The summed E-state index contributed by atoms with van der Waals surface area (Å²) in [6, 6.07) is 4.03. The Kier molecular flexibility index (Phi) is 4.83. The van der Waals surface area contributed by atoms with Gasteiger partial charge in [-0.3, -0.25) is 4.79 Å². The lowest BCUT2D eigenvalue weighted by molar-refractivity contribution is -0.130. The van der Waals surface area contributed by atoms with Gasteiger partial charge < -0.3 is 9.64 Å². The molecular formula is C12H16ClNO2S. The zero-order chi connectivity index (χ0) is 12.1.